The van der Waals surface area contributed by atoms with Crippen molar-refractivity contribution in [3.63, 3.8) is 0 Å². The molecule has 2 fully saturated rings. The smallest absolute Gasteiger partial charge is 0.145 e. The summed E-state index contributed by atoms with van der Waals surface area (Å²) in [6, 6.07) is 2.39. The first-order valence-electron chi connectivity index (χ1n) is 6.96. The van der Waals surface area contributed by atoms with Gasteiger partial charge in [-0.15, -0.1) is 0 Å². The lowest BCUT2D eigenvalue weighted by Gasteiger charge is -2.33. The minimum absolute atomic E-state index is 0.474. The van der Waals surface area contributed by atoms with Crippen molar-refractivity contribution in [3.8, 4) is 0 Å². The second kappa shape index (κ2) is 5.28. The molecule has 2 N–H and O–H groups in total. The third-order valence-corrected chi connectivity index (χ3v) is 4.05. The summed E-state index contributed by atoms with van der Waals surface area (Å²) in [6.45, 7) is 4.34. The number of rotatable bonds is 3. The van der Waals surface area contributed by atoms with Gasteiger partial charge in [-0.25, -0.2) is 0 Å². The van der Waals surface area contributed by atoms with E-state index in [1.54, 1.807) is 0 Å². The van der Waals surface area contributed by atoms with Gasteiger partial charge in [0.2, 0.25) is 0 Å². The summed E-state index contributed by atoms with van der Waals surface area (Å²) >= 11 is 0. The molecule has 1 atom stereocenters. The molecule has 1 aromatic rings. The summed E-state index contributed by atoms with van der Waals surface area (Å²) in [7, 11) is 0. The lowest BCUT2D eigenvalue weighted by Crippen LogP contribution is -2.39. The fourth-order valence-electron chi connectivity index (χ4n) is 3.00. The van der Waals surface area contributed by atoms with Gasteiger partial charge in [0.05, 0.1) is 12.1 Å². The molecule has 3 rings (SSSR count). The summed E-state index contributed by atoms with van der Waals surface area (Å²) in [5, 5.41) is 4.31. The van der Waals surface area contributed by atoms with Gasteiger partial charge in [0.15, 0.2) is 0 Å². The molecule has 0 saturated carbocycles. The maximum atomic E-state index is 5.69. The summed E-state index contributed by atoms with van der Waals surface area (Å²) < 4.78 is 7.72. The molecule has 2 aliphatic heterocycles. The van der Waals surface area contributed by atoms with E-state index in [1.807, 2.05) is 16.9 Å². The van der Waals surface area contributed by atoms with Crippen LogP contribution in [0.15, 0.2) is 12.3 Å². The molecule has 0 amide bonds. The number of anilines is 1. The number of ether oxygens (including phenoxy) is 1. The highest BCUT2D eigenvalue weighted by molar-refractivity contribution is 5.24. The Balaban J connectivity index is 1.48. The van der Waals surface area contributed by atoms with Crippen molar-refractivity contribution in [3.05, 3.63) is 12.3 Å². The van der Waals surface area contributed by atoms with Crippen LogP contribution in [0.5, 0.6) is 0 Å². The van der Waals surface area contributed by atoms with Crippen molar-refractivity contribution in [1.29, 1.82) is 0 Å². The highest BCUT2D eigenvalue weighted by Gasteiger charge is 2.24. The van der Waals surface area contributed by atoms with E-state index in [-0.39, 0.29) is 0 Å². The van der Waals surface area contributed by atoms with Crippen molar-refractivity contribution in [2.24, 2.45) is 0 Å². The standard InChI is InChI=1S/C13H22N4O/c14-13-5-8-17(15-13)11-3-6-16(7-4-11)10-12-2-1-9-18-12/h5,8,11-12H,1-4,6-7,9-10H2,(H2,14,15). The van der Waals surface area contributed by atoms with Crippen molar-refractivity contribution in [1.82, 2.24) is 14.7 Å². The molecule has 0 spiro atoms. The van der Waals surface area contributed by atoms with E-state index in [1.165, 1.54) is 12.8 Å². The minimum atomic E-state index is 0.474. The van der Waals surface area contributed by atoms with Gasteiger partial charge in [-0.3, -0.25) is 4.68 Å². The Morgan fingerprint density at radius 2 is 2.17 bits per heavy atom. The molecule has 18 heavy (non-hydrogen) atoms. The quantitative estimate of drug-likeness (QED) is 0.878. The van der Waals surface area contributed by atoms with Crippen molar-refractivity contribution < 1.29 is 4.74 Å². The molecular formula is C13H22N4O. The van der Waals surface area contributed by atoms with Crippen LogP contribution in [0.1, 0.15) is 31.7 Å². The third kappa shape index (κ3) is 2.67. The predicted octanol–water partition coefficient (Wildman–Crippen LogP) is 1.28. The normalized spacial score (nSPS) is 26.8. The maximum Gasteiger partial charge on any atom is 0.145 e. The zero-order valence-electron chi connectivity index (χ0n) is 10.8. The predicted molar refractivity (Wildman–Crippen MR) is 70.3 cm³/mol. The van der Waals surface area contributed by atoms with Gasteiger partial charge in [0, 0.05) is 32.4 Å². The molecule has 3 heterocycles. The van der Waals surface area contributed by atoms with Crippen LogP contribution in [0, 0.1) is 0 Å². The van der Waals surface area contributed by atoms with Gasteiger partial charge < -0.3 is 15.4 Å². The first-order valence-corrected chi connectivity index (χ1v) is 6.96. The SMILES string of the molecule is Nc1ccn(C2CCN(CC3CCCO3)CC2)n1. The minimum Gasteiger partial charge on any atom is -0.382 e. The molecule has 100 valence electrons. The number of piperidine rings is 1. The molecule has 0 radical (unpaired) electrons. The van der Waals surface area contributed by atoms with Gasteiger partial charge in [0.25, 0.3) is 0 Å². The second-order valence-electron chi connectivity index (χ2n) is 5.39. The monoisotopic (exact) mass is 250 g/mol. The fraction of sp³-hybridized carbons (Fsp3) is 0.769. The van der Waals surface area contributed by atoms with Gasteiger partial charge >= 0.3 is 0 Å². The summed E-state index contributed by atoms with van der Waals surface area (Å²) in [6.07, 6.45) is 7.25. The number of nitrogens with two attached hydrogens (primary N) is 1. The van der Waals surface area contributed by atoms with Gasteiger partial charge in [0.1, 0.15) is 5.82 Å². The average molecular weight is 250 g/mol. The molecule has 1 unspecified atom stereocenters. The molecule has 2 saturated heterocycles. The molecule has 1 aromatic heterocycles. The number of hydrogen-bond acceptors (Lipinski definition) is 4. The molecule has 2 aliphatic rings. The first kappa shape index (κ1) is 12.0. The number of aromatic nitrogens is 2. The van der Waals surface area contributed by atoms with Crippen LogP contribution in [0.3, 0.4) is 0 Å². The van der Waals surface area contributed by atoms with Gasteiger partial charge in [-0.05, 0) is 31.7 Å². The van der Waals surface area contributed by atoms with E-state index in [4.69, 9.17) is 10.5 Å². The molecule has 0 bridgehead atoms. The van der Waals surface area contributed by atoms with Gasteiger partial charge in [-0.2, -0.15) is 5.10 Å². The van der Waals surface area contributed by atoms with Crippen LogP contribution < -0.4 is 5.73 Å². The van der Waals surface area contributed by atoms with Crippen LogP contribution in [0.25, 0.3) is 0 Å². The summed E-state index contributed by atoms with van der Waals surface area (Å²) in [5.41, 5.74) is 5.66. The van der Waals surface area contributed by atoms with Crippen molar-refractivity contribution >= 4 is 5.82 Å². The van der Waals surface area contributed by atoms with E-state index in [0.29, 0.717) is 18.0 Å². The number of nitrogen functional groups attached to an aromatic ring is 1. The lowest BCUT2D eigenvalue weighted by molar-refractivity contribution is 0.0598. The molecule has 0 aliphatic carbocycles. The van der Waals surface area contributed by atoms with Crippen LogP contribution in [0.2, 0.25) is 0 Å². The molecule has 0 aromatic carbocycles. The van der Waals surface area contributed by atoms with E-state index in [9.17, 15) is 0 Å². The van der Waals surface area contributed by atoms with Crippen LogP contribution in [-0.2, 0) is 4.74 Å². The van der Waals surface area contributed by atoms with Crippen molar-refractivity contribution in [2.45, 2.75) is 37.8 Å². The Bertz CT molecular complexity index is 378. The summed E-state index contributed by atoms with van der Waals surface area (Å²) in [4.78, 5) is 2.53. The van der Waals surface area contributed by atoms with Gasteiger partial charge in [-0.1, -0.05) is 0 Å². The Kier molecular flexibility index (Phi) is 3.52. The Labute approximate surface area is 108 Å². The highest BCUT2D eigenvalue weighted by Crippen LogP contribution is 2.23. The second-order valence-corrected chi connectivity index (χ2v) is 5.39. The zero-order chi connectivity index (χ0) is 12.4. The Hall–Kier alpha value is -1.07. The van der Waals surface area contributed by atoms with Crippen LogP contribution >= 0.6 is 0 Å². The number of likely N-dealkylation sites (tertiary alicyclic amines) is 1. The van der Waals surface area contributed by atoms with Crippen molar-refractivity contribution in [2.75, 3.05) is 32.0 Å². The van der Waals surface area contributed by atoms with E-state index in [0.717, 1.165) is 39.1 Å². The average Bonchev–Trinajstić information content (AvgIpc) is 3.02. The third-order valence-electron chi connectivity index (χ3n) is 4.05. The molecule has 5 heteroatoms. The highest BCUT2D eigenvalue weighted by atomic mass is 16.5. The number of nitrogens with zero attached hydrogens (tertiary/aromatic N) is 3. The number of hydrogen-bond donors (Lipinski definition) is 1. The topological polar surface area (TPSA) is 56.3 Å². The zero-order valence-corrected chi connectivity index (χ0v) is 10.8. The van der Waals surface area contributed by atoms with E-state index < -0.39 is 0 Å². The van der Waals surface area contributed by atoms with Crippen LogP contribution in [0.4, 0.5) is 5.82 Å². The Morgan fingerprint density at radius 1 is 1.33 bits per heavy atom. The van der Waals surface area contributed by atoms with E-state index in [2.05, 4.69) is 10.00 Å². The molecule has 5 nitrogen and oxygen atoms in total. The van der Waals surface area contributed by atoms with Crippen LogP contribution in [-0.4, -0.2) is 47.0 Å². The largest absolute Gasteiger partial charge is 0.382 e. The maximum absolute atomic E-state index is 5.69. The Morgan fingerprint density at radius 3 is 2.78 bits per heavy atom. The fourth-order valence-corrected chi connectivity index (χ4v) is 3.00. The molecular weight excluding hydrogens is 228 g/mol. The van der Waals surface area contributed by atoms with E-state index >= 15 is 0 Å². The summed E-state index contributed by atoms with van der Waals surface area (Å²) in [5.74, 6) is 0.622. The lowest BCUT2D eigenvalue weighted by atomic mass is 10.0. The first-order chi connectivity index (χ1) is 8.81.